The molecular weight excluding hydrogens is 436 g/mol. The minimum absolute atomic E-state index is 0.000888. The SMILES string of the molecule is COc1ccc(-c2csc(NC(=O)CN3CCC(C(=O)NCc4ccccc4)CC3)n2)cc1. The minimum atomic E-state index is -0.0855. The van der Waals surface area contributed by atoms with Gasteiger partial charge in [-0.15, -0.1) is 11.3 Å². The van der Waals surface area contributed by atoms with E-state index in [1.165, 1.54) is 11.3 Å². The summed E-state index contributed by atoms with van der Waals surface area (Å²) < 4.78 is 5.18. The number of ether oxygens (including phenoxy) is 1. The molecule has 0 saturated carbocycles. The largest absolute Gasteiger partial charge is 0.497 e. The average molecular weight is 465 g/mol. The highest BCUT2D eigenvalue weighted by atomic mass is 32.1. The van der Waals surface area contributed by atoms with Gasteiger partial charge in [-0.05, 0) is 55.8 Å². The number of carbonyl (C=O) groups is 2. The summed E-state index contributed by atoms with van der Waals surface area (Å²) in [6.45, 7) is 2.31. The Morgan fingerprint density at radius 1 is 1.09 bits per heavy atom. The highest BCUT2D eigenvalue weighted by molar-refractivity contribution is 7.14. The monoisotopic (exact) mass is 464 g/mol. The maximum absolute atomic E-state index is 12.5. The van der Waals surface area contributed by atoms with E-state index < -0.39 is 0 Å². The smallest absolute Gasteiger partial charge is 0.240 e. The van der Waals surface area contributed by atoms with Gasteiger partial charge in [0, 0.05) is 23.4 Å². The second kappa shape index (κ2) is 11.1. The summed E-state index contributed by atoms with van der Waals surface area (Å²) in [5, 5.41) is 8.44. The fraction of sp³-hybridized carbons (Fsp3) is 0.320. The van der Waals surface area contributed by atoms with Gasteiger partial charge in [-0.2, -0.15) is 0 Å². The van der Waals surface area contributed by atoms with E-state index in [0.717, 1.165) is 48.5 Å². The first kappa shape index (κ1) is 22.9. The average Bonchev–Trinajstić information content (AvgIpc) is 3.32. The summed E-state index contributed by atoms with van der Waals surface area (Å²) in [6.07, 6.45) is 1.51. The number of aromatic nitrogens is 1. The third kappa shape index (κ3) is 6.40. The molecule has 0 spiro atoms. The van der Waals surface area contributed by atoms with Crippen LogP contribution in [0, 0.1) is 5.92 Å². The summed E-state index contributed by atoms with van der Waals surface area (Å²) in [6, 6.07) is 17.6. The molecule has 4 rings (SSSR count). The molecule has 0 atom stereocenters. The first-order valence-electron chi connectivity index (χ1n) is 11.0. The number of nitrogens with one attached hydrogen (secondary N) is 2. The molecule has 1 saturated heterocycles. The van der Waals surface area contributed by atoms with Crippen molar-refractivity contribution >= 4 is 28.3 Å². The minimum Gasteiger partial charge on any atom is -0.497 e. The van der Waals surface area contributed by atoms with Gasteiger partial charge < -0.3 is 15.4 Å². The van der Waals surface area contributed by atoms with Crippen LogP contribution in [0.15, 0.2) is 60.0 Å². The number of thiazole rings is 1. The Kier molecular flexibility index (Phi) is 7.70. The van der Waals surface area contributed by atoms with Gasteiger partial charge in [0.2, 0.25) is 11.8 Å². The van der Waals surface area contributed by atoms with E-state index in [4.69, 9.17) is 4.74 Å². The normalized spacial score (nSPS) is 14.6. The maximum atomic E-state index is 12.5. The first-order chi connectivity index (χ1) is 16.1. The number of carbonyl (C=O) groups excluding carboxylic acids is 2. The number of benzene rings is 2. The van der Waals surface area contributed by atoms with Gasteiger partial charge in [0.25, 0.3) is 0 Å². The zero-order valence-electron chi connectivity index (χ0n) is 18.6. The van der Waals surface area contributed by atoms with Crippen LogP contribution < -0.4 is 15.4 Å². The molecule has 7 nitrogen and oxygen atoms in total. The number of hydrogen-bond donors (Lipinski definition) is 2. The summed E-state index contributed by atoms with van der Waals surface area (Å²) in [5.41, 5.74) is 2.89. The van der Waals surface area contributed by atoms with E-state index in [1.807, 2.05) is 60.0 Å². The van der Waals surface area contributed by atoms with Crippen molar-refractivity contribution in [2.75, 3.05) is 32.1 Å². The van der Waals surface area contributed by atoms with Crippen molar-refractivity contribution < 1.29 is 14.3 Å². The number of rotatable bonds is 8. The van der Waals surface area contributed by atoms with Crippen molar-refractivity contribution in [1.82, 2.24) is 15.2 Å². The third-order valence-electron chi connectivity index (χ3n) is 5.77. The molecule has 0 bridgehead atoms. The van der Waals surface area contributed by atoms with Gasteiger partial charge in [-0.3, -0.25) is 14.5 Å². The molecule has 2 heterocycles. The highest BCUT2D eigenvalue weighted by Gasteiger charge is 2.26. The lowest BCUT2D eigenvalue weighted by Crippen LogP contribution is -2.43. The van der Waals surface area contributed by atoms with Crippen molar-refractivity contribution in [3.63, 3.8) is 0 Å². The summed E-state index contributed by atoms with van der Waals surface area (Å²) in [4.78, 5) is 31.6. The molecule has 0 radical (unpaired) electrons. The van der Waals surface area contributed by atoms with Crippen LogP contribution in [0.25, 0.3) is 11.3 Å². The van der Waals surface area contributed by atoms with E-state index in [2.05, 4.69) is 20.5 Å². The molecule has 172 valence electrons. The Balaban J connectivity index is 1.20. The second-order valence-corrected chi connectivity index (χ2v) is 8.93. The van der Waals surface area contributed by atoms with Crippen LogP contribution >= 0.6 is 11.3 Å². The zero-order chi connectivity index (χ0) is 23.0. The van der Waals surface area contributed by atoms with E-state index in [-0.39, 0.29) is 17.7 Å². The molecule has 8 heteroatoms. The molecule has 2 amide bonds. The number of methoxy groups -OCH3 is 1. The highest BCUT2D eigenvalue weighted by Crippen LogP contribution is 2.26. The zero-order valence-corrected chi connectivity index (χ0v) is 19.4. The Morgan fingerprint density at radius 3 is 2.52 bits per heavy atom. The standard InChI is InChI=1S/C25H28N4O3S/c1-32-21-9-7-19(8-10-21)22-17-33-25(27-22)28-23(30)16-29-13-11-20(12-14-29)24(31)26-15-18-5-3-2-4-6-18/h2-10,17,20H,11-16H2,1H3,(H,26,31)(H,27,28,30). The number of anilines is 1. The van der Waals surface area contributed by atoms with Crippen LogP contribution in [-0.4, -0.2) is 48.4 Å². The van der Waals surface area contributed by atoms with E-state index in [0.29, 0.717) is 18.2 Å². The van der Waals surface area contributed by atoms with Crippen LogP contribution in [0.5, 0.6) is 5.75 Å². The topological polar surface area (TPSA) is 83.6 Å². The molecule has 0 unspecified atom stereocenters. The summed E-state index contributed by atoms with van der Waals surface area (Å²) >= 11 is 1.41. The Morgan fingerprint density at radius 2 is 1.82 bits per heavy atom. The van der Waals surface area contributed by atoms with Gasteiger partial charge >= 0.3 is 0 Å². The van der Waals surface area contributed by atoms with Crippen LogP contribution in [0.1, 0.15) is 18.4 Å². The lowest BCUT2D eigenvalue weighted by molar-refractivity contribution is -0.126. The molecule has 1 aliphatic heterocycles. The van der Waals surface area contributed by atoms with Gasteiger partial charge in [0.05, 0.1) is 19.3 Å². The fourth-order valence-corrected chi connectivity index (χ4v) is 4.61. The Bertz CT molecular complexity index is 1060. The van der Waals surface area contributed by atoms with Gasteiger partial charge in [0.15, 0.2) is 5.13 Å². The van der Waals surface area contributed by atoms with Gasteiger partial charge in [0.1, 0.15) is 5.75 Å². The second-order valence-electron chi connectivity index (χ2n) is 8.07. The molecule has 1 fully saturated rings. The van der Waals surface area contributed by atoms with E-state index >= 15 is 0 Å². The molecule has 2 N–H and O–H groups in total. The molecule has 1 aliphatic rings. The molecule has 33 heavy (non-hydrogen) atoms. The predicted octanol–water partition coefficient (Wildman–Crippen LogP) is 3.79. The lowest BCUT2D eigenvalue weighted by Gasteiger charge is -2.30. The van der Waals surface area contributed by atoms with Crippen LogP contribution in [0.4, 0.5) is 5.13 Å². The molecule has 2 aromatic carbocycles. The number of amides is 2. The van der Waals surface area contributed by atoms with Crippen molar-refractivity contribution in [3.05, 3.63) is 65.5 Å². The first-order valence-corrected chi connectivity index (χ1v) is 11.9. The van der Waals surface area contributed by atoms with Crippen molar-refractivity contribution in [2.24, 2.45) is 5.92 Å². The Hall–Kier alpha value is -3.23. The molecule has 1 aromatic heterocycles. The van der Waals surface area contributed by atoms with Crippen molar-refractivity contribution in [2.45, 2.75) is 19.4 Å². The van der Waals surface area contributed by atoms with Crippen molar-refractivity contribution in [1.29, 1.82) is 0 Å². The third-order valence-corrected chi connectivity index (χ3v) is 6.53. The molecule has 0 aliphatic carbocycles. The number of likely N-dealkylation sites (tertiary alicyclic amines) is 1. The fourth-order valence-electron chi connectivity index (χ4n) is 3.87. The van der Waals surface area contributed by atoms with Crippen molar-refractivity contribution in [3.8, 4) is 17.0 Å². The summed E-state index contributed by atoms with van der Waals surface area (Å²) in [7, 11) is 1.63. The van der Waals surface area contributed by atoms with Crippen LogP contribution in [0.3, 0.4) is 0 Å². The Labute approximate surface area is 197 Å². The summed E-state index contributed by atoms with van der Waals surface area (Å²) in [5.74, 6) is 0.799. The van der Waals surface area contributed by atoms with Gasteiger partial charge in [-0.1, -0.05) is 30.3 Å². The van der Waals surface area contributed by atoms with Crippen LogP contribution in [0.2, 0.25) is 0 Å². The van der Waals surface area contributed by atoms with E-state index in [1.54, 1.807) is 7.11 Å². The number of nitrogens with zero attached hydrogens (tertiary/aromatic N) is 2. The predicted molar refractivity (Wildman–Crippen MR) is 130 cm³/mol. The number of piperidine rings is 1. The maximum Gasteiger partial charge on any atom is 0.240 e. The molecular formula is C25H28N4O3S. The van der Waals surface area contributed by atoms with Crippen LogP contribution in [-0.2, 0) is 16.1 Å². The molecule has 3 aromatic rings. The van der Waals surface area contributed by atoms with E-state index in [9.17, 15) is 9.59 Å². The van der Waals surface area contributed by atoms with Gasteiger partial charge in [-0.25, -0.2) is 4.98 Å². The number of hydrogen-bond acceptors (Lipinski definition) is 6. The quantitative estimate of drug-likeness (QED) is 0.530. The lowest BCUT2D eigenvalue weighted by atomic mass is 9.96.